The van der Waals surface area contributed by atoms with Gasteiger partial charge in [-0.1, -0.05) is 13.3 Å². The maximum Gasteiger partial charge on any atom is 0.150 e. The molecule has 1 heterocycles. The molecule has 2 rings (SSSR count). The Kier molecular flexibility index (Phi) is 6.24. The maximum atomic E-state index is 11.9. The second-order valence-corrected chi connectivity index (χ2v) is 10.1. The molecule has 0 aromatic carbocycles. The van der Waals surface area contributed by atoms with Crippen LogP contribution in [-0.4, -0.2) is 43.5 Å². The van der Waals surface area contributed by atoms with Gasteiger partial charge in [-0.05, 0) is 56.7 Å². The lowest BCUT2D eigenvalue weighted by Gasteiger charge is -2.37. The summed E-state index contributed by atoms with van der Waals surface area (Å²) in [6.07, 6.45) is 9.20. The number of sulfone groups is 1. The van der Waals surface area contributed by atoms with Crippen LogP contribution < -0.4 is 5.32 Å². The summed E-state index contributed by atoms with van der Waals surface area (Å²) >= 11 is 2.09. The van der Waals surface area contributed by atoms with Gasteiger partial charge < -0.3 is 5.32 Å². The van der Waals surface area contributed by atoms with E-state index >= 15 is 0 Å². The van der Waals surface area contributed by atoms with Gasteiger partial charge in [0.15, 0.2) is 0 Å². The maximum absolute atomic E-state index is 11.9. The van der Waals surface area contributed by atoms with Gasteiger partial charge in [-0.2, -0.15) is 11.8 Å². The van der Waals surface area contributed by atoms with E-state index < -0.39 is 9.84 Å². The summed E-state index contributed by atoms with van der Waals surface area (Å²) in [5.41, 5.74) is 0. The molecule has 1 N–H and O–H groups in total. The lowest BCUT2D eigenvalue weighted by molar-refractivity contribution is 0.263. The first-order valence-corrected chi connectivity index (χ1v) is 11.1. The summed E-state index contributed by atoms with van der Waals surface area (Å²) in [7, 11) is -2.87. The van der Waals surface area contributed by atoms with Crippen LogP contribution in [-0.2, 0) is 9.84 Å². The summed E-state index contributed by atoms with van der Waals surface area (Å²) in [6.45, 7) is 3.26. The van der Waals surface area contributed by atoms with Gasteiger partial charge in [0, 0.05) is 17.5 Å². The van der Waals surface area contributed by atoms with Gasteiger partial charge in [0.05, 0.1) is 5.25 Å². The van der Waals surface area contributed by atoms with Crippen molar-refractivity contribution in [2.45, 2.75) is 68.4 Å². The van der Waals surface area contributed by atoms with Gasteiger partial charge in [-0.25, -0.2) is 8.42 Å². The van der Waals surface area contributed by atoms with E-state index in [0.29, 0.717) is 17.2 Å². The Labute approximate surface area is 128 Å². The fourth-order valence-electron chi connectivity index (χ4n) is 3.69. The third-order valence-electron chi connectivity index (χ3n) is 4.78. The minimum atomic E-state index is -2.87. The van der Waals surface area contributed by atoms with E-state index in [1.54, 1.807) is 0 Å². The Bertz CT molecular complexity index is 391. The zero-order chi connectivity index (χ0) is 14.6. The summed E-state index contributed by atoms with van der Waals surface area (Å²) < 4.78 is 23.7. The number of hydrogen-bond acceptors (Lipinski definition) is 4. The van der Waals surface area contributed by atoms with Crippen LogP contribution in [0.15, 0.2) is 0 Å². The van der Waals surface area contributed by atoms with Crippen molar-refractivity contribution >= 4 is 21.6 Å². The standard InChI is InChI=1S/C15H29NO2S2/c1-3-9-16-15(14-8-5-10-19-14)12-6-4-7-13(11-12)20(2,17)18/h12-16H,3-11H2,1-2H3. The molecule has 2 fully saturated rings. The minimum absolute atomic E-state index is 0.0985. The van der Waals surface area contributed by atoms with Crippen LogP contribution >= 0.6 is 11.8 Å². The molecule has 20 heavy (non-hydrogen) atoms. The molecule has 1 saturated carbocycles. The predicted molar refractivity (Wildman–Crippen MR) is 88.2 cm³/mol. The average Bonchev–Trinajstić information content (AvgIpc) is 2.92. The predicted octanol–water partition coefficient (Wildman–Crippen LogP) is 2.85. The van der Waals surface area contributed by atoms with E-state index in [9.17, 15) is 8.42 Å². The van der Waals surface area contributed by atoms with E-state index in [0.717, 1.165) is 32.2 Å². The molecular formula is C15H29NO2S2. The van der Waals surface area contributed by atoms with Crippen molar-refractivity contribution in [3.63, 3.8) is 0 Å². The van der Waals surface area contributed by atoms with Gasteiger partial charge in [0.1, 0.15) is 9.84 Å². The largest absolute Gasteiger partial charge is 0.313 e. The first kappa shape index (κ1) is 16.6. The van der Waals surface area contributed by atoms with E-state index in [-0.39, 0.29) is 5.25 Å². The van der Waals surface area contributed by atoms with Crippen molar-refractivity contribution in [1.29, 1.82) is 0 Å². The van der Waals surface area contributed by atoms with Gasteiger partial charge >= 0.3 is 0 Å². The van der Waals surface area contributed by atoms with Crippen molar-refractivity contribution in [3.8, 4) is 0 Å². The molecule has 1 aliphatic carbocycles. The molecule has 0 aromatic rings. The fourth-order valence-corrected chi connectivity index (χ4v) is 6.38. The molecule has 3 nitrogen and oxygen atoms in total. The molecule has 4 atom stereocenters. The van der Waals surface area contributed by atoms with E-state index in [4.69, 9.17) is 0 Å². The Morgan fingerprint density at radius 3 is 2.65 bits per heavy atom. The number of rotatable bonds is 6. The van der Waals surface area contributed by atoms with Crippen molar-refractivity contribution in [2.24, 2.45) is 5.92 Å². The normalized spacial score (nSPS) is 33.2. The molecule has 0 spiro atoms. The zero-order valence-corrected chi connectivity index (χ0v) is 14.4. The lowest BCUT2D eigenvalue weighted by atomic mass is 9.81. The molecule has 0 bridgehead atoms. The molecule has 118 valence electrons. The third kappa shape index (κ3) is 4.38. The van der Waals surface area contributed by atoms with Crippen LogP contribution in [0, 0.1) is 5.92 Å². The Morgan fingerprint density at radius 1 is 1.25 bits per heavy atom. The molecule has 2 aliphatic rings. The van der Waals surface area contributed by atoms with Crippen LogP contribution in [0.1, 0.15) is 51.9 Å². The van der Waals surface area contributed by atoms with Crippen LogP contribution in [0.25, 0.3) is 0 Å². The third-order valence-corrected chi connectivity index (χ3v) is 7.90. The van der Waals surface area contributed by atoms with Crippen LogP contribution in [0.2, 0.25) is 0 Å². The zero-order valence-electron chi connectivity index (χ0n) is 12.8. The molecular weight excluding hydrogens is 290 g/mol. The van der Waals surface area contributed by atoms with Gasteiger partial charge in [0.25, 0.3) is 0 Å². The van der Waals surface area contributed by atoms with Crippen molar-refractivity contribution < 1.29 is 8.42 Å². The lowest BCUT2D eigenvalue weighted by Crippen LogP contribution is -2.46. The number of nitrogens with one attached hydrogen (secondary N) is 1. The molecule has 0 aromatic heterocycles. The summed E-state index contributed by atoms with van der Waals surface area (Å²) in [6, 6.07) is 0.520. The van der Waals surface area contributed by atoms with Crippen LogP contribution in [0.3, 0.4) is 0 Å². The number of hydrogen-bond donors (Lipinski definition) is 1. The van der Waals surface area contributed by atoms with Gasteiger partial charge in [-0.15, -0.1) is 0 Å². The SMILES string of the molecule is CCCNC(C1CCCC(S(C)(=O)=O)C1)C1CCCS1. The fraction of sp³-hybridized carbons (Fsp3) is 1.00. The van der Waals surface area contributed by atoms with Crippen molar-refractivity contribution in [3.05, 3.63) is 0 Å². The quantitative estimate of drug-likeness (QED) is 0.818. The van der Waals surface area contributed by atoms with Gasteiger partial charge in [-0.3, -0.25) is 0 Å². The second-order valence-electron chi connectivity index (χ2n) is 6.41. The molecule has 5 heteroatoms. The van der Waals surface area contributed by atoms with Crippen molar-refractivity contribution in [2.75, 3.05) is 18.6 Å². The number of thioether (sulfide) groups is 1. The highest BCUT2D eigenvalue weighted by atomic mass is 32.2. The van der Waals surface area contributed by atoms with Crippen molar-refractivity contribution in [1.82, 2.24) is 5.32 Å². The monoisotopic (exact) mass is 319 g/mol. The summed E-state index contributed by atoms with van der Waals surface area (Å²) in [5, 5.41) is 4.34. The minimum Gasteiger partial charge on any atom is -0.313 e. The Hall–Kier alpha value is 0.260. The van der Waals surface area contributed by atoms with Crippen LogP contribution in [0.5, 0.6) is 0 Å². The molecule has 1 aliphatic heterocycles. The Balaban J connectivity index is 2.03. The summed E-state index contributed by atoms with van der Waals surface area (Å²) in [4.78, 5) is 0. The topological polar surface area (TPSA) is 46.2 Å². The second kappa shape index (κ2) is 7.50. The highest BCUT2D eigenvalue weighted by Crippen LogP contribution is 2.38. The van der Waals surface area contributed by atoms with E-state index in [1.807, 2.05) is 0 Å². The van der Waals surface area contributed by atoms with Gasteiger partial charge in [0.2, 0.25) is 0 Å². The molecule has 1 saturated heterocycles. The summed E-state index contributed by atoms with van der Waals surface area (Å²) in [5.74, 6) is 1.82. The average molecular weight is 320 g/mol. The van der Waals surface area contributed by atoms with E-state index in [1.165, 1.54) is 31.3 Å². The highest BCUT2D eigenvalue weighted by Gasteiger charge is 2.37. The highest BCUT2D eigenvalue weighted by molar-refractivity contribution is 8.00. The molecule has 4 unspecified atom stereocenters. The Morgan fingerprint density at radius 2 is 2.05 bits per heavy atom. The first-order valence-electron chi connectivity index (χ1n) is 8.06. The molecule has 0 amide bonds. The first-order chi connectivity index (χ1) is 9.52. The van der Waals surface area contributed by atoms with E-state index in [2.05, 4.69) is 24.0 Å². The van der Waals surface area contributed by atoms with Crippen LogP contribution in [0.4, 0.5) is 0 Å². The molecule has 0 radical (unpaired) electrons. The smallest absolute Gasteiger partial charge is 0.150 e.